The Kier molecular flexibility index (Phi) is 5.78. The van der Waals surface area contributed by atoms with Crippen LogP contribution in [-0.2, 0) is 9.59 Å². The number of nitrogens with zero attached hydrogens (tertiary/aromatic N) is 1. The van der Waals surface area contributed by atoms with E-state index in [-0.39, 0.29) is 17.6 Å². The molecule has 8 nitrogen and oxygen atoms in total. The molecule has 0 aromatic heterocycles. The van der Waals surface area contributed by atoms with Gasteiger partial charge in [-0.25, -0.2) is 4.79 Å². The second-order valence-electron chi connectivity index (χ2n) is 6.20. The summed E-state index contributed by atoms with van der Waals surface area (Å²) in [5.74, 6) is -0.651. The molecule has 0 unspecified atom stereocenters. The molecule has 2 N–H and O–H groups in total. The maximum Gasteiger partial charge on any atom is 0.341 e. The zero-order valence-corrected chi connectivity index (χ0v) is 15.3. The van der Waals surface area contributed by atoms with Gasteiger partial charge in [0.2, 0.25) is 5.91 Å². The van der Waals surface area contributed by atoms with Gasteiger partial charge < -0.3 is 24.8 Å². The normalized spacial score (nSPS) is 13.3. The molecule has 0 bridgehead atoms. The van der Waals surface area contributed by atoms with E-state index in [2.05, 4.69) is 5.32 Å². The van der Waals surface area contributed by atoms with Crippen LogP contribution in [0.15, 0.2) is 42.5 Å². The number of carbonyl (C=O) groups excluding carboxylic acids is 2. The summed E-state index contributed by atoms with van der Waals surface area (Å²) < 4.78 is 10.5. The first-order valence-corrected chi connectivity index (χ1v) is 8.72. The third kappa shape index (κ3) is 4.40. The molecule has 1 saturated heterocycles. The molecule has 2 aromatic rings. The Balaban J connectivity index is 1.74. The maximum absolute atomic E-state index is 12.5. The third-order valence-electron chi connectivity index (χ3n) is 4.26. The van der Waals surface area contributed by atoms with Gasteiger partial charge in [0.25, 0.3) is 5.91 Å². The first kappa shape index (κ1) is 19.2. The molecule has 0 saturated carbocycles. The molecule has 8 heteroatoms. The zero-order valence-electron chi connectivity index (χ0n) is 15.3. The van der Waals surface area contributed by atoms with Crippen LogP contribution in [0.4, 0.5) is 11.4 Å². The summed E-state index contributed by atoms with van der Waals surface area (Å²) in [5, 5.41) is 11.4. The minimum Gasteiger partial charge on any atom is -0.494 e. The van der Waals surface area contributed by atoms with Gasteiger partial charge in [0.1, 0.15) is 11.5 Å². The Bertz CT molecular complexity index is 911. The highest BCUT2D eigenvalue weighted by molar-refractivity contribution is 6.05. The van der Waals surface area contributed by atoms with Crippen LogP contribution in [0.1, 0.15) is 23.2 Å². The van der Waals surface area contributed by atoms with E-state index in [4.69, 9.17) is 14.6 Å². The van der Waals surface area contributed by atoms with Crippen molar-refractivity contribution < 1.29 is 29.0 Å². The number of hydrogen-bond donors (Lipinski definition) is 2. The Morgan fingerprint density at radius 3 is 2.71 bits per heavy atom. The highest BCUT2D eigenvalue weighted by Gasteiger charge is 2.24. The van der Waals surface area contributed by atoms with Gasteiger partial charge in [0.05, 0.1) is 12.8 Å². The Morgan fingerprint density at radius 1 is 1.21 bits per heavy atom. The summed E-state index contributed by atoms with van der Waals surface area (Å²) in [6.07, 6.45) is 1.32. The van der Waals surface area contributed by atoms with Crippen molar-refractivity contribution >= 4 is 29.2 Å². The van der Waals surface area contributed by atoms with Crippen LogP contribution in [0.2, 0.25) is 0 Å². The van der Waals surface area contributed by atoms with Gasteiger partial charge >= 0.3 is 5.97 Å². The zero-order chi connectivity index (χ0) is 20.1. The van der Waals surface area contributed by atoms with Crippen LogP contribution < -0.4 is 19.7 Å². The molecule has 3 rings (SSSR count). The molecule has 1 aliphatic heterocycles. The second kappa shape index (κ2) is 8.43. The van der Waals surface area contributed by atoms with E-state index in [1.807, 2.05) is 0 Å². The van der Waals surface area contributed by atoms with Gasteiger partial charge in [-0.15, -0.1) is 0 Å². The Morgan fingerprint density at radius 2 is 2.04 bits per heavy atom. The van der Waals surface area contributed by atoms with E-state index < -0.39 is 12.6 Å². The number of carboxylic acids is 1. The van der Waals surface area contributed by atoms with Gasteiger partial charge in [0, 0.05) is 30.3 Å². The molecule has 1 aliphatic rings. The molecule has 0 radical (unpaired) electrons. The first-order valence-electron chi connectivity index (χ1n) is 8.72. The number of rotatable bonds is 7. The van der Waals surface area contributed by atoms with Crippen LogP contribution in [0.3, 0.4) is 0 Å². The molecule has 0 spiro atoms. The van der Waals surface area contributed by atoms with Crippen molar-refractivity contribution in [2.75, 3.05) is 30.5 Å². The van der Waals surface area contributed by atoms with E-state index in [9.17, 15) is 14.4 Å². The smallest absolute Gasteiger partial charge is 0.341 e. The highest BCUT2D eigenvalue weighted by atomic mass is 16.5. The number of anilines is 2. The maximum atomic E-state index is 12.5. The van der Waals surface area contributed by atoms with E-state index in [1.54, 1.807) is 41.3 Å². The molecular weight excluding hydrogens is 364 g/mol. The van der Waals surface area contributed by atoms with Crippen LogP contribution >= 0.6 is 0 Å². The van der Waals surface area contributed by atoms with E-state index in [1.165, 1.54) is 13.2 Å². The Labute approximate surface area is 161 Å². The molecule has 28 heavy (non-hydrogen) atoms. The topological polar surface area (TPSA) is 105 Å². The average molecular weight is 384 g/mol. The van der Waals surface area contributed by atoms with Gasteiger partial charge in [-0.3, -0.25) is 9.59 Å². The minimum atomic E-state index is -1.10. The van der Waals surface area contributed by atoms with Gasteiger partial charge in [-0.1, -0.05) is 6.07 Å². The molecule has 1 heterocycles. The van der Waals surface area contributed by atoms with Crippen LogP contribution in [-0.4, -0.2) is 43.2 Å². The second-order valence-corrected chi connectivity index (χ2v) is 6.20. The van der Waals surface area contributed by atoms with Crippen molar-refractivity contribution in [2.45, 2.75) is 12.8 Å². The molecule has 2 amide bonds. The van der Waals surface area contributed by atoms with Crippen molar-refractivity contribution in [1.82, 2.24) is 0 Å². The summed E-state index contributed by atoms with van der Waals surface area (Å²) in [7, 11) is 1.51. The monoisotopic (exact) mass is 384 g/mol. The third-order valence-corrected chi connectivity index (χ3v) is 4.26. The number of carboxylic acid groups (broad SMARTS) is 1. The fraction of sp³-hybridized carbons (Fsp3) is 0.250. The number of amides is 2. The van der Waals surface area contributed by atoms with Gasteiger partial charge in [-0.05, 0) is 36.8 Å². The van der Waals surface area contributed by atoms with Crippen molar-refractivity contribution in [3.63, 3.8) is 0 Å². The number of nitrogens with one attached hydrogen (secondary N) is 1. The molecular formula is C20H20N2O6. The highest BCUT2D eigenvalue weighted by Crippen LogP contribution is 2.34. The van der Waals surface area contributed by atoms with Crippen LogP contribution in [0.5, 0.6) is 11.5 Å². The fourth-order valence-corrected chi connectivity index (χ4v) is 2.96. The molecule has 0 aliphatic carbocycles. The fourth-order valence-electron chi connectivity index (χ4n) is 2.96. The molecule has 146 valence electrons. The Hall–Kier alpha value is -3.55. The summed E-state index contributed by atoms with van der Waals surface area (Å²) >= 11 is 0. The van der Waals surface area contributed by atoms with Gasteiger partial charge in [0.15, 0.2) is 6.61 Å². The lowest BCUT2D eigenvalue weighted by molar-refractivity contribution is -0.139. The molecule has 1 fully saturated rings. The quantitative estimate of drug-likeness (QED) is 0.760. The lowest BCUT2D eigenvalue weighted by atomic mass is 10.2. The van der Waals surface area contributed by atoms with Gasteiger partial charge in [-0.2, -0.15) is 0 Å². The summed E-state index contributed by atoms with van der Waals surface area (Å²) in [6.45, 7) is 0.156. The number of ether oxygens (including phenoxy) is 2. The van der Waals surface area contributed by atoms with E-state index >= 15 is 0 Å². The average Bonchev–Trinajstić information content (AvgIpc) is 3.12. The number of carbonyl (C=O) groups is 3. The standard InChI is InChI=1S/C20H20N2O6/c1-27-17-11-14(7-8-16(17)22-9-3-6-18(22)23)21-20(26)13-4-2-5-15(10-13)28-12-19(24)25/h2,4-5,7-8,10-11H,3,6,9,12H2,1H3,(H,21,26)(H,24,25). The minimum absolute atomic E-state index is 0.0493. The number of aliphatic carboxylic acids is 1. The number of hydrogen-bond acceptors (Lipinski definition) is 5. The van der Waals surface area contributed by atoms with Crippen molar-refractivity contribution in [3.8, 4) is 11.5 Å². The summed E-state index contributed by atoms with van der Waals surface area (Å²) in [4.78, 5) is 36.7. The largest absolute Gasteiger partial charge is 0.494 e. The summed E-state index contributed by atoms with van der Waals surface area (Å²) in [5.41, 5.74) is 1.50. The van der Waals surface area contributed by atoms with Crippen molar-refractivity contribution in [1.29, 1.82) is 0 Å². The van der Waals surface area contributed by atoms with Crippen LogP contribution in [0.25, 0.3) is 0 Å². The van der Waals surface area contributed by atoms with Crippen molar-refractivity contribution in [3.05, 3.63) is 48.0 Å². The lowest BCUT2D eigenvalue weighted by Crippen LogP contribution is -2.24. The molecule has 0 atom stereocenters. The first-order chi connectivity index (χ1) is 13.5. The van der Waals surface area contributed by atoms with Crippen LogP contribution in [0, 0.1) is 0 Å². The SMILES string of the molecule is COc1cc(NC(=O)c2cccc(OCC(=O)O)c2)ccc1N1CCCC1=O. The van der Waals surface area contributed by atoms with E-state index in [0.29, 0.717) is 35.7 Å². The summed E-state index contributed by atoms with van der Waals surface area (Å²) in [6, 6.07) is 11.3. The molecule has 2 aromatic carbocycles. The predicted molar refractivity (Wildman–Crippen MR) is 102 cm³/mol. The predicted octanol–water partition coefficient (Wildman–Crippen LogP) is 2.54. The van der Waals surface area contributed by atoms with E-state index in [0.717, 1.165) is 6.42 Å². The number of methoxy groups -OCH3 is 1. The number of benzene rings is 2. The van der Waals surface area contributed by atoms with Crippen molar-refractivity contribution in [2.24, 2.45) is 0 Å². The lowest BCUT2D eigenvalue weighted by Gasteiger charge is -2.19.